The Labute approximate surface area is 135 Å². The van der Waals surface area contributed by atoms with Gasteiger partial charge in [-0.3, -0.25) is 0 Å². The van der Waals surface area contributed by atoms with E-state index in [1.165, 1.54) is 4.31 Å². The lowest BCUT2D eigenvalue weighted by Crippen LogP contribution is -2.39. The van der Waals surface area contributed by atoms with Gasteiger partial charge in [0.1, 0.15) is 0 Å². The van der Waals surface area contributed by atoms with E-state index in [2.05, 4.69) is 20.8 Å². The third-order valence-electron chi connectivity index (χ3n) is 4.06. The number of hydrogen-bond acceptors (Lipinski definition) is 4. The molecule has 0 saturated carbocycles. The molecule has 0 spiro atoms. The Bertz CT molecular complexity index is 606. The molecular weight excluding hydrogens is 354 g/mol. The van der Waals surface area contributed by atoms with Gasteiger partial charge >= 0.3 is 0 Å². The molecule has 21 heavy (non-hydrogen) atoms. The van der Waals surface area contributed by atoms with Gasteiger partial charge in [0.15, 0.2) is 0 Å². The van der Waals surface area contributed by atoms with E-state index in [-0.39, 0.29) is 0 Å². The molecule has 1 unspecified atom stereocenters. The van der Waals surface area contributed by atoms with E-state index in [0.717, 1.165) is 24.9 Å². The van der Waals surface area contributed by atoms with Crippen molar-refractivity contribution in [2.24, 2.45) is 5.73 Å². The van der Waals surface area contributed by atoms with Crippen molar-refractivity contribution >= 4 is 26.0 Å². The fourth-order valence-electron chi connectivity index (χ4n) is 2.65. The molecule has 1 heterocycles. The van der Waals surface area contributed by atoms with Gasteiger partial charge < -0.3 is 10.6 Å². The quantitative estimate of drug-likeness (QED) is 0.848. The van der Waals surface area contributed by atoms with Gasteiger partial charge in [0.25, 0.3) is 0 Å². The first-order chi connectivity index (χ1) is 9.86. The normalized spacial score (nSPS) is 20.3. The van der Waals surface area contributed by atoms with Crippen molar-refractivity contribution in [2.45, 2.75) is 30.3 Å². The SMILES string of the molecule is CN1CCCC1CN(C)S(=O)(=O)c1ccc(CN)cc1Br. The maximum atomic E-state index is 12.7. The van der Waals surface area contributed by atoms with Gasteiger partial charge in [-0.2, -0.15) is 4.31 Å². The topological polar surface area (TPSA) is 66.6 Å². The first kappa shape index (κ1) is 16.9. The molecule has 1 saturated heterocycles. The lowest BCUT2D eigenvalue weighted by Gasteiger charge is -2.25. The number of benzene rings is 1. The first-order valence-electron chi connectivity index (χ1n) is 7.01. The smallest absolute Gasteiger partial charge is 0.243 e. The Kier molecular flexibility index (Phi) is 5.43. The summed E-state index contributed by atoms with van der Waals surface area (Å²) in [5.74, 6) is 0. The molecule has 7 heteroatoms. The van der Waals surface area contributed by atoms with Gasteiger partial charge in [-0.15, -0.1) is 0 Å². The monoisotopic (exact) mass is 375 g/mol. The van der Waals surface area contributed by atoms with Crippen LogP contribution in [-0.2, 0) is 16.6 Å². The molecule has 1 aliphatic heterocycles. The maximum Gasteiger partial charge on any atom is 0.243 e. The van der Waals surface area contributed by atoms with Gasteiger partial charge in [0.2, 0.25) is 10.0 Å². The highest BCUT2D eigenvalue weighted by Crippen LogP contribution is 2.26. The Morgan fingerprint density at radius 1 is 1.48 bits per heavy atom. The van der Waals surface area contributed by atoms with E-state index in [0.29, 0.717) is 28.5 Å². The van der Waals surface area contributed by atoms with Crippen LogP contribution in [0.4, 0.5) is 0 Å². The molecule has 0 radical (unpaired) electrons. The van der Waals surface area contributed by atoms with Crippen LogP contribution in [0.5, 0.6) is 0 Å². The van der Waals surface area contributed by atoms with E-state index in [1.54, 1.807) is 25.2 Å². The number of halogens is 1. The van der Waals surface area contributed by atoms with Crippen LogP contribution in [0.15, 0.2) is 27.6 Å². The zero-order valence-electron chi connectivity index (χ0n) is 12.4. The van der Waals surface area contributed by atoms with Crippen LogP contribution in [0.25, 0.3) is 0 Å². The third-order valence-corrected chi connectivity index (χ3v) is 6.86. The molecule has 1 aromatic carbocycles. The molecule has 2 rings (SSSR count). The average Bonchev–Trinajstić information content (AvgIpc) is 2.83. The Morgan fingerprint density at radius 2 is 2.19 bits per heavy atom. The Morgan fingerprint density at radius 3 is 2.71 bits per heavy atom. The van der Waals surface area contributed by atoms with Crippen molar-refractivity contribution in [1.29, 1.82) is 0 Å². The lowest BCUT2D eigenvalue weighted by atomic mass is 10.2. The highest BCUT2D eigenvalue weighted by atomic mass is 79.9. The third kappa shape index (κ3) is 3.65. The van der Waals surface area contributed by atoms with E-state index in [9.17, 15) is 8.42 Å². The standard InChI is InChI=1S/C14H22BrN3O2S/c1-17-7-3-4-12(17)10-18(2)21(19,20)14-6-5-11(9-16)8-13(14)15/h5-6,8,12H,3-4,7,9-10,16H2,1-2H3. The van der Waals surface area contributed by atoms with Gasteiger partial charge in [-0.25, -0.2) is 8.42 Å². The van der Waals surface area contributed by atoms with E-state index < -0.39 is 10.0 Å². The van der Waals surface area contributed by atoms with E-state index in [1.807, 2.05) is 7.05 Å². The number of nitrogens with zero attached hydrogens (tertiary/aromatic N) is 2. The first-order valence-corrected chi connectivity index (χ1v) is 9.24. The van der Waals surface area contributed by atoms with Crippen molar-refractivity contribution in [3.05, 3.63) is 28.2 Å². The van der Waals surface area contributed by atoms with Crippen molar-refractivity contribution in [2.75, 3.05) is 27.2 Å². The van der Waals surface area contributed by atoms with Gasteiger partial charge in [0.05, 0.1) is 4.90 Å². The van der Waals surface area contributed by atoms with Crippen LogP contribution in [0.2, 0.25) is 0 Å². The van der Waals surface area contributed by atoms with E-state index >= 15 is 0 Å². The molecule has 0 bridgehead atoms. The highest BCUT2D eigenvalue weighted by Gasteiger charge is 2.29. The maximum absolute atomic E-state index is 12.7. The summed E-state index contributed by atoms with van der Waals surface area (Å²) in [6.45, 7) is 1.94. The number of likely N-dealkylation sites (tertiary alicyclic amines) is 1. The van der Waals surface area contributed by atoms with Crippen molar-refractivity contribution < 1.29 is 8.42 Å². The molecule has 1 fully saturated rings. The van der Waals surface area contributed by atoms with Crippen molar-refractivity contribution in [3.63, 3.8) is 0 Å². The predicted molar refractivity (Wildman–Crippen MR) is 87.5 cm³/mol. The van der Waals surface area contributed by atoms with E-state index in [4.69, 9.17) is 5.73 Å². The Balaban J connectivity index is 2.20. The van der Waals surface area contributed by atoms with Crippen molar-refractivity contribution in [1.82, 2.24) is 9.21 Å². The number of sulfonamides is 1. The fourth-order valence-corrected chi connectivity index (χ4v) is 4.94. The summed E-state index contributed by atoms with van der Waals surface area (Å²) in [6, 6.07) is 5.44. The molecule has 118 valence electrons. The van der Waals surface area contributed by atoms with Crippen LogP contribution in [0.3, 0.4) is 0 Å². The number of nitrogens with two attached hydrogens (primary N) is 1. The molecule has 0 aromatic heterocycles. The average molecular weight is 376 g/mol. The molecular formula is C14H22BrN3O2S. The van der Waals surface area contributed by atoms with Gasteiger partial charge in [-0.1, -0.05) is 6.07 Å². The lowest BCUT2D eigenvalue weighted by molar-refractivity contribution is 0.271. The van der Waals surface area contributed by atoms with Crippen LogP contribution < -0.4 is 5.73 Å². The molecule has 1 aliphatic rings. The largest absolute Gasteiger partial charge is 0.326 e. The predicted octanol–water partition coefficient (Wildman–Crippen LogP) is 1.62. The summed E-state index contributed by atoms with van der Waals surface area (Å²) in [5, 5.41) is 0. The van der Waals surface area contributed by atoms with Gasteiger partial charge in [0, 0.05) is 30.7 Å². The summed E-state index contributed by atoms with van der Waals surface area (Å²) in [6.07, 6.45) is 2.17. The number of likely N-dealkylation sites (N-methyl/N-ethyl adjacent to an activating group) is 2. The summed E-state index contributed by atoms with van der Waals surface area (Å²) in [4.78, 5) is 2.52. The Hall–Kier alpha value is -0.470. The molecule has 0 aliphatic carbocycles. The molecule has 5 nitrogen and oxygen atoms in total. The fraction of sp³-hybridized carbons (Fsp3) is 0.571. The minimum Gasteiger partial charge on any atom is -0.326 e. The van der Waals surface area contributed by atoms with Crippen LogP contribution in [0.1, 0.15) is 18.4 Å². The second-order valence-electron chi connectivity index (χ2n) is 5.53. The minimum atomic E-state index is -3.49. The summed E-state index contributed by atoms with van der Waals surface area (Å²) < 4.78 is 27.4. The molecule has 1 aromatic rings. The molecule has 1 atom stereocenters. The van der Waals surface area contributed by atoms with Gasteiger partial charge in [-0.05, 0) is 60.1 Å². The zero-order valence-corrected chi connectivity index (χ0v) is 14.8. The molecule has 0 amide bonds. The number of rotatable bonds is 5. The second-order valence-corrected chi connectivity index (χ2v) is 8.40. The summed E-state index contributed by atoms with van der Waals surface area (Å²) >= 11 is 3.34. The van der Waals surface area contributed by atoms with Crippen molar-refractivity contribution in [3.8, 4) is 0 Å². The van der Waals surface area contributed by atoms with Crippen LogP contribution in [0, 0.1) is 0 Å². The summed E-state index contributed by atoms with van der Waals surface area (Å²) in [7, 11) is 0.203. The minimum absolute atomic E-state index is 0.294. The zero-order chi connectivity index (χ0) is 15.6. The molecule has 2 N–H and O–H groups in total. The van der Waals surface area contributed by atoms with Crippen LogP contribution in [-0.4, -0.2) is 50.8 Å². The second kappa shape index (κ2) is 6.75. The van der Waals surface area contributed by atoms with Crippen LogP contribution >= 0.6 is 15.9 Å². The summed E-state index contributed by atoms with van der Waals surface area (Å²) in [5.41, 5.74) is 6.48. The number of hydrogen-bond donors (Lipinski definition) is 1. The highest BCUT2D eigenvalue weighted by molar-refractivity contribution is 9.10.